The summed E-state index contributed by atoms with van der Waals surface area (Å²) in [6, 6.07) is 3.82. The lowest BCUT2D eigenvalue weighted by Crippen LogP contribution is -2.16. The van der Waals surface area contributed by atoms with Crippen LogP contribution >= 0.6 is 9.24 Å². The highest BCUT2D eigenvalue weighted by Crippen LogP contribution is 2.29. The van der Waals surface area contributed by atoms with E-state index in [2.05, 4.69) is 9.24 Å². The smallest absolute Gasteiger partial charge is 0.134 e. The van der Waals surface area contributed by atoms with E-state index < -0.39 is 0 Å². The molecule has 4 heteroatoms. The van der Waals surface area contributed by atoms with Crippen LogP contribution in [0.15, 0.2) is 12.1 Å². The van der Waals surface area contributed by atoms with Gasteiger partial charge in [-0.3, -0.25) is 0 Å². The van der Waals surface area contributed by atoms with Gasteiger partial charge in [0.1, 0.15) is 17.2 Å². The van der Waals surface area contributed by atoms with Gasteiger partial charge in [0.2, 0.25) is 0 Å². The Morgan fingerprint density at radius 1 is 0.737 bits per heavy atom. The molecule has 0 N–H and O–H groups in total. The Bertz CT molecular complexity index is 383. The van der Waals surface area contributed by atoms with Crippen molar-refractivity contribution in [2.75, 3.05) is 0 Å². The molecule has 0 aliphatic carbocycles. The molecule has 108 valence electrons. The lowest BCUT2D eigenvalue weighted by atomic mass is 10.2. The quantitative estimate of drug-likeness (QED) is 0.748. The van der Waals surface area contributed by atoms with Gasteiger partial charge < -0.3 is 14.2 Å². The van der Waals surface area contributed by atoms with Crippen molar-refractivity contribution in [1.82, 2.24) is 0 Å². The first-order chi connectivity index (χ1) is 8.79. The molecule has 0 aliphatic rings. The van der Waals surface area contributed by atoms with E-state index in [0.717, 1.165) is 22.6 Å². The van der Waals surface area contributed by atoms with Crippen molar-refractivity contribution < 1.29 is 14.2 Å². The van der Waals surface area contributed by atoms with Crippen LogP contribution in [-0.4, -0.2) is 18.3 Å². The highest BCUT2D eigenvalue weighted by molar-refractivity contribution is 7.28. The van der Waals surface area contributed by atoms with Crippen LogP contribution < -0.4 is 19.5 Å². The summed E-state index contributed by atoms with van der Waals surface area (Å²) >= 11 is 0. The molecule has 0 radical (unpaired) electrons. The Labute approximate surface area is 118 Å². The predicted octanol–water partition coefficient (Wildman–Crippen LogP) is 3.55. The summed E-state index contributed by atoms with van der Waals surface area (Å²) in [6.07, 6.45) is 0.343. The topological polar surface area (TPSA) is 27.7 Å². The number of rotatable bonds is 6. The molecule has 1 atom stereocenters. The molecule has 3 nitrogen and oxygen atoms in total. The van der Waals surface area contributed by atoms with Gasteiger partial charge in [0.25, 0.3) is 0 Å². The lowest BCUT2D eigenvalue weighted by Gasteiger charge is -2.20. The van der Waals surface area contributed by atoms with E-state index in [9.17, 15) is 0 Å². The Morgan fingerprint density at radius 2 is 1.11 bits per heavy atom. The van der Waals surface area contributed by atoms with Crippen molar-refractivity contribution in [1.29, 1.82) is 0 Å². The minimum absolute atomic E-state index is 0.112. The van der Waals surface area contributed by atoms with E-state index in [4.69, 9.17) is 14.2 Å². The van der Waals surface area contributed by atoms with Crippen LogP contribution in [0.25, 0.3) is 0 Å². The highest BCUT2D eigenvalue weighted by Gasteiger charge is 2.13. The molecule has 1 aromatic rings. The van der Waals surface area contributed by atoms with E-state index >= 15 is 0 Å². The van der Waals surface area contributed by atoms with Crippen molar-refractivity contribution >= 4 is 14.5 Å². The molecule has 0 bridgehead atoms. The van der Waals surface area contributed by atoms with Crippen LogP contribution in [0, 0.1) is 0 Å². The summed E-state index contributed by atoms with van der Waals surface area (Å²) in [5.74, 6) is 2.34. The van der Waals surface area contributed by atoms with Crippen LogP contribution in [0.2, 0.25) is 0 Å². The third kappa shape index (κ3) is 5.28. The van der Waals surface area contributed by atoms with Crippen molar-refractivity contribution in [3.05, 3.63) is 12.1 Å². The van der Waals surface area contributed by atoms with Gasteiger partial charge in [-0.2, -0.15) is 0 Å². The summed E-state index contributed by atoms with van der Waals surface area (Å²) in [5.41, 5.74) is 0. The number of hydrogen-bond acceptors (Lipinski definition) is 3. The first-order valence-electron chi connectivity index (χ1n) is 6.73. The molecular weight excluding hydrogens is 259 g/mol. The highest BCUT2D eigenvalue weighted by atomic mass is 31.0. The summed E-state index contributed by atoms with van der Waals surface area (Å²) < 4.78 is 17.4. The lowest BCUT2D eigenvalue weighted by molar-refractivity contribution is 0.219. The molecule has 0 amide bonds. The SMILES string of the molecule is CC(C)Oc1cc(OC(C)C)c(P)c(OC(C)C)c1. The van der Waals surface area contributed by atoms with E-state index in [-0.39, 0.29) is 18.3 Å². The maximum Gasteiger partial charge on any atom is 0.134 e. The van der Waals surface area contributed by atoms with Crippen LogP contribution in [-0.2, 0) is 0 Å². The van der Waals surface area contributed by atoms with Crippen LogP contribution in [0.3, 0.4) is 0 Å². The average molecular weight is 284 g/mol. The van der Waals surface area contributed by atoms with Gasteiger partial charge in [-0.1, -0.05) is 9.24 Å². The second-order valence-corrected chi connectivity index (χ2v) is 5.91. The Morgan fingerprint density at radius 3 is 1.42 bits per heavy atom. The maximum absolute atomic E-state index is 5.81. The van der Waals surface area contributed by atoms with Gasteiger partial charge in [-0.15, -0.1) is 0 Å². The molecule has 0 aliphatic heterocycles. The molecule has 0 aromatic heterocycles. The molecule has 19 heavy (non-hydrogen) atoms. The molecule has 0 spiro atoms. The Balaban J connectivity index is 3.13. The number of ether oxygens (including phenoxy) is 3. The Hall–Kier alpha value is -0.950. The predicted molar refractivity (Wildman–Crippen MR) is 83.1 cm³/mol. The Kier molecular flexibility index (Phi) is 5.93. The largest absolute Gasteiger partial charge is 0.491 e. The first kappa shape index (κ1) is 16.1. The minimum Gasteiger partial charge on any atom is -0.491 e. The summed E-state index contributed by atoms with van der Waals surface area (Å²) in [7, 11) is 2.69. The van der Waals surface area contributed by atoms with Crippen molar-refractivity contribution in [2.45, 2.75) is 59.9 Å². The number of hydrogen-bond donors (Lipinski definition) is 0. The summed E-state index contributed by atoms with van der Waals surface area (Å²) in [4.78, 5) is 0. The fraction of sp³-hybridized carbons (Fsp3) is 0.600. The van der Waals surface area contributed by atoms with Crippen molar-refractivity contribution in [2.24, 2.45) is 0 Å². The van der Waals surface area contributed by atoms with Gasteiger partial charge in [-0.05, 0) is 41.5 Å². The van der Waals surface area contributed by atoms with Gasteiger partial charge in [0.15, 0.2) is 0 Å². The maximum atomic E-state index is 5.81. The summed E-state index contributed by atoms with van der Waals surface area (Å²) in [5, 5.41) is 0.929. The average Bonchev–Trinajstić information content (AvgIpc) is 2.22. The zero-order valence-electron chi connectivity index (χ0n) is 12.7. The molecule has 1 rings (SSSR count). The third-order valence-corrected chi connectivity index (χ3v) is 2.74. The van der Waals surface area contributed by atoms with Crippen LogP contribution in [0.1, 0.15) is 41.5 Å². The molecule has 0 heterocycles. The van der Waals surface area contributed by atoms with Gasteiger partial charge in [-0.25, -0.2) is 0 Å². The van der Waals surface area contributed by atoms with Gasteiger partial charge in [0, 0.05) is 12.1 Å². The normalized spacial score (nSPS) is 11.3. The van der Waals surface area contributed by atoms with Gasteiger partial charge >= 0.3 is 0 Å². The van der Waals surface area contributed by atoms with Crippen molar-refractivity contribution in [3.63, 3.8) is 0 Å². The molecule has 1 unspecified atom stereocenters. The van der Waals surface area contributed by atoms with Crippen LogP contribution in [0.4, 0.5) is 0 Å². The molecule has 1 aromatic carbocycles. The van der Waals surface area contributed by atoms with E-state index in [0.29, 0.717) is 0 Å². The van der Waals surface area contributed by atoms with E-state index in [1.165, 1.54) is 0 Å². The van der Waals surface area contributed by atoms with Crippen LogP contribution in [0.5, 0.6) is 17.2 Å². The standard InChI is InChI=1S/C15H25O3P/c1-9(2)16-12-7-13(17-10(3)4)15(19)14(8-12)18-11(5)6/h7-11H,19H2,1-6H3. The fourth-order valence-electron chi connectivity index (χ4n) is 1.62. The molecule has 0 saturated carbocycles. The molecule has 0 fully saturated rings. The second kappa shape index (κ2) is 7.00. The molecule has 0 saturated heterocycles. The second-order valence-electron chi connectivity index (χ2n) is 5.33. The monoisotopic (exact) mass is 284 g/mol. The zero-order valence-corrected chi connectivity index (χ0v) is 13.8. The van der Waals surface area contributed by atoms with Gasteiger partial charge in [0.05, 0.1) is 23.6 Å². The third-order valence-electron chi connectivity index (χ3n) is 2.17. The van der Waals surface area contributed by atoms with E-state index in [1.807, 2.05) is 53.7 Å². The summed E-state index contributed by atoms with van der Waals surface area (Å²) in [6.45, 7) is 12.0. The first-order valence-corrected chi connectivity index (χ1v) is 7.30. The van der Waals surface area contributed by atoms with E-state index in [1.54, 1.807) is 0 Å². The number of benzene rings is 1. The fourth-order valence-corrected chi connectivity index (χ4v) is 1.92. The molecular formula is C15H25O3P. The minimum atomic E-state index is 0.112. The van der Waals surface area contributed by atoms with Crippen molar-refractivity contribution in [3.8, 4) is 17.2 Å². The zero-order chi connectivity index (χ0) is 14.6.